The van der Waals surface area contributed by atoms with E-state index in [-0.39, 0.29) is 28.7 Å². The fourth-order valence-corrected chi connectivity index (χ4v) is 2.60. The molecule has 19 heavy (non-hydrogen) atoms. The van der Waals surface area contributed by atoms with Gasteiger partial charge in [-0.2, -0.15) is 0 Å². The van der Waals surface area contributed by atoms with Gasteiger partial charge in [-0.05, 0) is 19.3 Å². The molecule has 1 fully saturated rings. The van der Waals surface area contributed by atoms with Gasteiger partial charge < -0.3 is 15.4 Å². The minimum atomic E-state index is -0.833. The van der Waals surface area contributed by atoms with E-state index < -0.39 is 5.41 Å². The van der Waals surface area contributed by atoms with Crippen LogP contribution in [0.1, 0.15) is 27.2 Å². The molecule has 0 saturated carbocycles. The molecule has 1 saturated heterocycles. The van der Waals surface area contributed by atoms with Gasteiger partial charge in [0.15, 0.2) is 0 Å². The van der Waals surface area contributed by atoms with Crippen molar-refractivity contribution in [3.8, 4) is 0 Å². The molecule has 3 unspecified atom stereocenters. The summed E-state index contributed by atoms with van der Waals surface area (Å²) >= 11 is 5.01. The van der Waals surface area contributed by atoms with Crippen molar-refractivity contribution in [3.05, 3.63) is 0 Å². The quantitative estimate of drug-likeness (QED) is 0.615. The fraction of sp³-hybridized carbons (Fsp3) is 0.769. The van der Waals surface area contributed by atoms with E-state index in [2.05, 4.69) is 0 Å². The number of likely N-dealkylation sites (tertiary alicyclic amines) is 1. The Balaban J connectivity index is 2.86. The molecule has 1 aliphatic heterocycles. The van der Waals surface area contributed by atoms with E-state index in [1.165, 1.54) is 7.11 Å². The highest BCUT2D eigenvalue weighted by molar-refractivity contribution is 7.80. The number of hydrogen-bond donors (Lipinski definition) is 1. The third-order valence-corrected chi connectivity index (χ3v) is 4.58. The molecule has 0 aromatic carbocycles. The van der Waals surface area contributed by atoms with Gasteiger partial charge in [-0.1, -0.05) is 26.1 Å². The van der Waals surface area contributed by atoms with Crippen LogP contribution in [0.3, 0.4) is 0 Å². The predicted molar refractivity (Wildman–Crippen MR) is 76.4 cm³/mol. The van der Waals surface area contributed by atoms with Gasteiger partial charge in [0.2, 0.25) is 5.91 Å². The molecule has 6 heteroatoms. The SMILES string of the molecule is CCC(C)(C(=O)N1CC(C)C(C(=O)OC)C1)C(N)=S. The first-order valence-corrected chi connectivity index (χ1v) is 6.85. The maximum Gasteiger partial charge on any atom is 0.310 e. The highest BCUT2D eigenvalue weighted by Gasteiger charge is 2.44. The number of ether oxygens (including phenoxy) is 1. The zero-order valence-electron chi connectivity index (χ0n) is 11.9. The second-order valence-electron chi connectivity index (χ2n) is 5.37. The minimum Gasteiger partial charge on any atom is -0.469 e. The number of amides is 1. The first-order chi connectivity index (χ1) is 8.77. The Kier molecular flexibility index (Phi) is 4.90. The Hall–Kier alpha value is -1.17. The first-order valence-electron chi connectivity index (χ1n) is 6.45. The normalized spacial score (nSPS) is 25.8. The molecule has 0 aromatic rings. The molecule has 1 rings (SSSR count). The molecule has 1 amide bonds. The fourth-order valence-electron chi connectivity index (χ4n) is 2.37. The van der Waals surface area contributed by atoms with Crippen molar-refractivity contribution >= 4 is 29.1 Å². The second kappa shape index (κ2) is 5.86. The van der Waals surface area contributed by atoms with E-state index in [1.807, 2.05) is 13.8 Å². The molecule has 1 aliphatic rings. The summed E-state index contributed by atoms with van der Waals surface area (Å²) < 4.78 is 4.76. The molecule has 0 radical (unpaired) electrons. The largest absolute Gasteiger partial charge is 0.469 e. The van der Waals surface area contributed by atoms with Gasteiger partial charge in [0, 0.05) is 13.1 Å². The number of nitrogens with two attached hydrogens (primary N) is 1. The van der Waals surface area contributed by atoms with Crippen LogP contribution >= 0.6 is 12.2 Å². The summed E-state index contributed by atoms with van der Waals surface area (Å²) in [5, 5.41) is 0. The van der Waals surface area contributed by atoms with Crippen LogP contribution in [0.25, 0.3) is 0 Å². The number of rotatable bonds is 4. The molecule has 108 valence electrons. The van der Waals surface area contributed by atoms with E-state index >= 15 is 0 Å². The van der Waals surface area contributed by atoms with Crippen molar-refractivity contribution in [2.75, 3.05) is 20.2 Å². The molecule has 1 heterocycles. The molecule has 0 spiro atoms. The van der Waals surface area contributed by atoms with E-state index in [1.54, 1.807) is 11.8 Å². The number of carbonyl (C=O) groups excluding carboxylic acids is 2. The predicted octanol–water partition coefficient (Wildman–Crippen LogP) is 0.956. The Bertz CT molecular complexity index is 399. The number of nitrogens with zero attached hydrogens (tertiary/aromatic N) is 1. The lowest BCUT2D eigenvalue weighted by Crippen LogP contribution is -2.48. The van der Waals surface area contributed by atoms with Crippen molar-refractivity contribution in [1.82, 2.24) is 4.90 Å². The summed E-state index contributed by atoms with van der Waals surface area (Å²) in [6.45, 7) is 6.50. The zero-order chi connectivity index (χ0) is 14.8. The molecule has 2 N–H and O–H groups in total. The Labute approximate surface area is 119 Å². The zero-order valence-corrected chi connectivity index (χ0v) is 12.8. The Morgan fingerprint density at radius 3 is 2.47 bits per heavy atom. The van der Waals surface area contributed by atoms with Crippen molar-refractivity contribution in [3.63, 3.8) is 0 Å². The van der Waals surface area contributed by atoms with Crippen LogP contribution in [0.15, 0.2) is 0 Å². The van der Waals surface area contributed by atoms with Crippen LogP contribution in [0.5, 0.6) is 0 Å². The minimum absolute atomic E-state index is 0.0869. The van der Waals surface area contributed by atoms with Crippen LogP contribution < -0.4 is 5.73 Å². The van der Waals surface area contributed by atoms with E-state index in [9.17, 15) is 9.59 Å². The highest BCUT2D eigenvalue weighted by Crippen LogP contribution is 2.31. The molecule has 0 aliphatic carbocycles. The van der Waals surface area contributed by atoms with Gasteiger partial charge in [0.1, 0.15) is 0 Å². The Morgan fingerprint density at radius 1 is 1.47 bits per heavy atom. The first kappa shape index (κ1) is 15.9. The smallest absolute Gasteiger partial charge is 0.310 e. The lowest BCUT2D eigenvalue weighted by Gasteiger charge is -2.30. The summed E-state index contributed by atoms with van der Waals surface area (Å²) in [6.07, 6.45) is 0.551. The van der Waals surface area contributed by atoms with E-state index in [4.69, 9.17) is 22.7 Å². The maximum atomic E-state index is 12.5. The summed E-state index contributed by atoms with van der Waals surface area (Å²) in [5.74, 6) is -0.540. The van der Waals surface area contributed by atoms with Crippen molar-refractivity contribution < 1.29 is 14.3 Å². The van der Waals surface area contributed by atoms with E-state index in [0.717, 1.165) is 0 Å². The van der Waals surface area contributed by atoms with Gasteiger partial charge in [0.05, 0.1) is 23.4 Å². The number of hydrogen-bond acceptors (Lipinski definition) is 4. The molecular formula is C13H22N2O3S. The van der Waals surface area contributed by atoms with Gasteiger partial charge in [-0.3, -0.25) is 9.59 Å². The van der Waals surface area contributed by atoms with Crippen molar-refractivity contribution in [2.24, 2.45) is 23.0 Å². The molecule has 3 atom stereocenters. The van der Waals surface area contributed by atoms with Crippen LogP contribution in [-0.2, 0) is 14.3 Å². The van der Waals surface area contributed by atoms with Gasteiger partial charge >= 0.3 is 5.97 Å². The second-order valence-corrected chi connectivity index (χ2v) is 5.81. The number of methoxy groups -OCH3 is 1. The van der Waals surface area contributed by atoms with Crippen LogP contribution in [0.4, 0.5) is 0 Å². The topological polar surface area (TPSA) is 72.6 Å². The number of esters is 1. The van der Waals surface area contributed by atoms with Crippen molar-refractivity contribution in [1.29, 1.82) is 0 Å². The maximum absolute atomic E-state index is 12.5. The third-order valence-electron chi connectivity index (χ3n) is 4.13. The summed E-state index contributed by atoms with van der Waals surface area (Å²) in [5.41, 5.74) is 4.86. The average molecular weight is 286 g/mol. The van der Waals surface area contributed by atoms with E-state index in [0.29, 0.717) is 19.5 Å². The summed E-state index contributed by atoms with van der Waals surface area (Å²) in [7, 11) is 1.37. The monoisotopic (exact) mass is 286 g/mol. The highest BCUT2D eigenvalue weighted by atomic mass is 32.1. The lowest BCUT2D eigenvalue weighted by molar-refractivity contribution is -0.146. The molecule has 5 nitrogen and oxygen atoms in total. The van der Waals surface area contributed by atoms with Crippen LogP contribution in [-0.4, -0.2) is 42.0 Å². The number of thiocarbonyl (C=S) groups is 1. The third kappa shape index (κ3) is 2.88. The molecular weight excluding hydrogens is 264 g/mol. The summed E-state index contributed by atoms with van der Waals surface area (Å²) in [6, 6.07) is 0. The molecule has 0 aromatic heterocycles. The van der Waals surface area contributed by atoms with Gasteiger partial charge in [0.25, 0.3) is 0 Å². The van der Waals surface area contributed by atoms with Crippen LogP contribution in [0, 0.1) is 17.3 Å². The molecule has 0 bridgehead atoms. The Morgan fingerprint density at radius 2 is 2.05 bits per heavy atom. The van der Waals surface area contributed by atoms with Gasteiger partial charge in [-0.25, -0.2) is 0 Å². The van der Waals surface area contributed by atoms with Crippen LogP contribution in [0.2, 0.25) is 0 Å². The number of carbonyl (C=O) groups is 2. The lowest BCUT2D eigenvalue weighted by atomic mass is 9.86. The average Bonchev–Trinajstić information content (AvgIpc) is 2.77. The standard InChI is InChI=1S/C13H22N2O3S/c1-5-13(3,11(14)19)12(17)15-6-8(2)9(7-15)10(16)18-4/h8-9H,5-7H2,1-4H3,(H2,14,19). The summed E-state index contributed by atoms with van der Waals surface area (Å²) in [4.78, 5) is 26.1. The van der Waals surface area contributed by atoms with Crippen molar-refractivity contribution in [2.45, 2.75) is 27.2 Å². The van der Waals surface area contributed by atoms with Gasteiger partial charge in [-0.15, -0.1) is 0 Å².